The van der Waals surface area contributed by atoms with Gasteiger partial charge in [-0.3, -0.25) is 14.7 Å². The van der Waals surface area contributed by atoms with E-state index in [1.54, 1.807) is 34.8 Å². The van der Waals surface area contributed by atoms with Gasteiger partial charge in [0.15, 0.2) is 5.96 Å². The molecule has 0 bridgehead atoms. The number of hydrogen-bond donors (Lipinski definition) is 2. The molecular weight excluding hydrogens is 537 g/mol. The lowest BCUT2D eigenvalue weighted by molar-refractivity contribution is -0.0755. The maximum absolute atomic E-state index is 12.9. The minimum Gasteiger partial charge on any atom is -0.444 e. The molecule has 2 heterocycles. The Kier molecular flexibility index (Phi) is 11.1. The van der Waals surface area contributed by atoms with Gasteiger partial charge in [0.2, 0.25) is 5.56 Å². The van der Waals surface area contributed by atoms with Gasteiger partial charge < -0.3 is 24.7 Å². The Morgan fingerprint density at radius 2 is 1.94 bits per heavy atom. The highest BCUT2D eigenvalue weighted by molar-refractivity contribution is 14.0. The molecule has 1 aliphatic heterocycles. The van der Waals surface area contributed by atoms with Gasteiger partial charge in [-0.1, -0.05) is 6.07 Å². The average Bonchev–Trinajstić information content (AvgIpc) is 2.91. The van der Waals surface area contributed by atoms with E-state index in [1.807, 2.05) is 47.6 Å². The van der Waals surface area contributed by atoms with Crippen LogP contribution in [0.25, 0.3) is 0 Å². The number of rotatable bonds is 7. The molecule has 0 spiro atoms. The molecule has 1 aromatic rings. The Hall–Kier alpha value is -1.82. The zero-order valence-electron chi connectivity index (χ0n) is 20.9. The second kappa shape index (κ2) is 12.6. The zero-order chi connectivity index (χ0) is 23.9. The molecule has 188 valence electrons. The summed E-state index contributed by atoms with van der Waals surface area (Å²) < 4.78 is 13.4. The van der Waals surface area contributed by atoms with Crippen LogP contribution in [0.3, 0.4) is 0 Å². The lowest BCUT2D eigenvalue weighted by atomic mass is 10.1. The van der Waals surface area contributed by atoms with Crippen molar-refractivity contribution in [1.29, 1.82) is 0 Å². The molecule has 1 amide bonds. The number of carbonyl (C=O) groups excluding carboxylic acids is 1. The van der Waals surface area contributed by atoms with Crippen molar-refractivity contribution >= 4 is 36.0 Å². The number of carbonyl (C=O) groups is 1. The number of nitrogens with zero attached hydrogens (tertiary/aromatic N) is 3. The van der Waals surface area contributed by atoms with Crippen molar-refractivity contribution in [1.82, 2.24) is 20.1 Å². The first-order valence-electron chi connectivity index (χ1n) is 11.2. The van der Waals surface area contributed by atoms with Crippen LogP contribution >= 0.6 is 24.0 Å². The van der Waals surface area contributed by atoms with E-state index in [9.17, 15) is 9.59 Å². The minimum absolute atomic E-state index is 0. The van der Waals surface area contributed by atoms with Crippen LogP contribution in [0.1, 0.15) is 54.4 Å². The summed E-state index contributed by atoms with van der Waals surface area (Å²) in [6, 6.07) is 4.97. The fourth-order valence-corrected chi connectivity index (χ4v) is 3.80. The Morgan fingerprint density at radius 3 is 2.55 bits per heavy atom. The maximum Gasteiger partial charge on any atom is 0.412 e. The summed E-state index contributed by atoms with van der Waals surface area (Å²) in [5.74, 6) is 0.655. The number of pyridine rings is 1. The quantitative estimate of drug-likeness (QED) is 0.224. The van der Waals surface area contributed by atoms with Crippen LogP contribution in [0.15, 0.2) is 34.2 Å². The Bertz CT molecular complexity index is 850. The van der Waals surface area contributed by atoms with Crippen molar-refractivity contribution in [2.24, 2.45) is 4.99 Å². The van der Waals surface area contributed by atoms with E-state index in [0.29, 0.717) is 19.0 Å². The van der Waals surface area contributed by atoms with E-state index in [2.05, 4.69) is 15.6 Å². The first-order chi connectivity index (χ1) is 14.9. The van der Waals surface area contributed by atoms with Crippen LogP contribution < -0.4 is 16.2 Å². The lowest BCUT2D eigenvalue weighted by Crippen LogP contribution is -2.54. The molecule has 0 radical (unpaired) electrons. The van der Waals surface area contributed by atoms with E-state index < -0.39 is 17.4 Å². The standard InChI is InChI=1S/C23H39N5O4.HI/c1-17-18(28(23(5,6)31-17)21(30)32-22(2,3)4)16-26-20(24-7)25-13-9-11-15-27-14-10-8-12-19(27)29;/h8,10,12,14,17-18H,9,11,13,15-16H2,1-7H3,(H2,24,25,26);1H. The smallest absolute Gasteiger partial charge is 0.412 e. The molecule has 2 unspecified atom stereocenters. The van der Waals surface area contributed by atoms with Gasteiger partial charge in [-0.2, -0.15) is 0 Å². The molecule has 0 saturated carbocycles. The molecule has 1 aromatic heterocycles. The summed E-state index contributed by atoms with van der Waals surface area (Å²) in [6.07, 6.45) is 3.02. The highest BCUT2D eigenvalue weighted by Crippen LogP contribution is 2.33. The minimum atomic E-state index is -0.763. The Morgan fingerprint density at radius 1 is 1.24 bits per heavy atom. The van der Waals surface area contributed by atoms with E-state index in [4.69, 9.17) is 9.47 Å². The third-order valence-electron chi connectivity index (χ3n) is 5.24. The molecule has 2 N–H and O–H groups in total. The summed E-state index contributed by atoms with van der Waals surface area (Å²) in [4.78, 5) is 30.5. The summed E-state index contributed by atoms with van der Waals surface area (Å²) in [5, 5.41) is 6.59. The number of halogens is 1. The number of amides is 1. The van der Waals surface area contributed by atoms with E-state index in [0.717, 1.165) is 19.4 Å². The average molecular weight is 578 g/mol. The van der Waals surface area contributed by atoms with Gasteiger partial charge in [-0.15, -0.1) is 24.0 Å². The van der Waals surface area contributed by atoms with Gasteiger partial charge in [0.1, 0.15) is 11.3 Å². The van der Waals surface area contributed by atoms with Crippen LogP contribution in [0.2, 0.25) is 0 Å². The molecule has 0 aliphatic carbocycles. The SMILES string of the molecule is CN=C(NCCCCn1ccccc1=O)NCC1C(C)OC(C)(C)N1C(=O)OC(C)(C)C.I. The highest BCUT2D eigenvalue weighted by atomic mass is 127. The first-order valence-corrected chi connectivity index (χ1v) is 11.2. The number of guanidine groups is 1. The first kappa shape index (κ1) is 29.2. The van der Waals surface area contributed by atoms with Crippen LogP contribution in [0.4, 0.5) is 4.79 Å². The van der Waals surface area contributed by atoms with Gasteiger partial charge in [0, 0.05) is 38.9 Å². The normalized spacial score (nSPS) is 20.2. The van der Waals surface area contributed by atoms with Crippen LogP contribution in [0, 0.1) is 0 Å². The number of hydrogen-bond acceptors (Lipinski definition) is 5. The monoisotopic (exact) mass is 577 g/mol. The summed E-state index contributed by atoms with van der Waals surface area (Å²) in [5.41, 5.74) is -1.33. The highest BCUT2D eigenvalue weighted by Gasteiger charge is 2.49. The number of aliphatic imine (C=N–C) groups is 1. The summed E-state index contributed by atoms with van der Waals surface area (Å²) >= 11 is 0. The number of unbranched alkanes of at least 4 members (excludes halogenated alkanes) is 1. The van der Waals surface area contributed by atoms with Crippen molar-refractivity contribution in [3.8, 4) is 0 Å². The Balaban J connectivity index is 0.00000544. The topological polar surface area (TPSA) is 97.2 Å². The predicted molar refractivity (Wildman–Crippen MR) is 141 cm³/mol. The van der Waals surface area contributed by atoms with E-state index in [-0.39, 0.29) is 41.7 Å². The van der Waals surface area contributed by atoms with Crippen molar-refractivity contribution in [3.63, 3.8) is 0 Å². The number of aromatic nitrogens is 1. The molecule has 1 saturated heterocycles. The van der Waals surface area contributed by atoms with E-state index >= 15 is 0 Å². The van der Waals surface area contributed by atoms with Crippen molar-refractivity contribution < 1.29 is 14.3 Å². The lowest BCUT2D eigenvalue weighted by Gasteiger charge is -2.35. The van der Waals surface area contributed by atoms with Gasteiger partial charge >= 0.3 is 6.09 Å². The van der Waals surface area contributed by atoms with Crippen molar-refractivity contribution in [2.45, 2.75) is 84.4 Å². The fraction of sp³-hybridized carbons (Fsp3) is 0.696. The van der Waals surface area contributed by atoms with E-state index in [1.165, 1.54) is 0 Å². The third-order valence-corrected chi connectivity index (χ3v) is 5.24. The summed E-state index contributed by atoms with van der Waals surface area (Å²) in [6.45, 7) is 13.1. The van der Waals surface area contributed by atoms with Crippen molar-refractivity contribution in [2.75, 3.05) is 20.1 Å². The van der Waals surface area contributed by atoms with Gasteiger partial charge in [0.05, 0.1) is 12.1 Å². The van der Waals surface area contributed by atoms with Gasteiger partial charge in [-0.05, 0) is 60.5 Å². The van der Waals surface area contributed by atoms with Crippen LogP contribution in [-0.4, -0.2) is 65.1 Å². The van der Waals surface area contributed by atoms with Crippen molar-refractivity contribution in [3.05, 3.63) is 34.7 Å². The molecule has 1 aliphatic rings. The fourth-order valence-electron chi connectivity index (χ4n) is 3.80. The molecular formula is C23H40IN5O4. The van der Waals surface area contributed by atoms with Crippen LogP contribution in [0.5, 0.6) is 0 Å². The van der Waals surface area contributed by atoms with Gasteiger partial charge in [0.25, 0.3) is 0 Å². The molecule has 10 heteroatoms. The van der Waals surface area contributed by atoms with Gasteiger partial charge in [-0.25, -0.2) is 4.79 Å². The molecule has 2 rings (SSSR count). The number of nitrogens with one attached hydrogen (secondary N) is 2. The van der Waals surface area contributed by atoms with Crippen LogP contribution in [-0.2, 0) is 16.0 Å². The number of ether oxygens (including phenoxy) is 2. The zero-order valence-corrected chi connectivity index (χ0v) is 23.2. The molecule has 0 aromatic carbocycles. The Labute approximate surface area is 214 Å². The molecule has 33 heavy (non-hydrogen) atoms. The third kappa shape index (κ3) is 8.80. The molecule has 1 fully saturated rings. The number of aryl methyl sites for hydroxylation is 1. The summed E-state index contributed by atoms with van der Waals surface area (Å²) in [7, 11) is 1.71. The predicted octanol–water partition coefficient (Wildman–Crippen LogP) is 3.17. The molecule has 9 nitrogen and oxygen atoms in total. The molecule has 2 atom stereocenters. The largest absolute Gasteiger partial charge is 0.444 e. The second-order valence-electron chi connectivity index (χ2n) is 9.51. The second-order valence-corrected chi connectivity index (χ2v) is 9.51. The maximum atomic E-state index is 12.9.